The molecule has 5 aliphatic carbocycles. The number of thiophene rings is 1. The van der Waals surface area contributed by atoms with E-state index in [-0.39, 0.29) is 5.41 Å². The maximum atomic E-state index is 2.59. The molecule has 4 fully saturated rings. The minimum atomic E-state index is 0.113. The van der Waals surface area contributed by atoms with Crippen molar-refractivity contribution in [2.75, 3.05) is 4.90 Å². The third-order valence-electron chi connectivity index (χ3n) is 11.4. The van der Waals surface area contributed by atoms with Gasteiger partial charge in [-0.05, 0) is 120 Å². The summed E-state index contributed by atoms with van der Waals surface area (Å²) in [5, 5.41) is 2.71. The third kappa shape index (κ3) is 3.04. The Bertz CT molecular complexity index is 1990. The second-order valence-electron chi connectivity index (χ2n) is 13.4. The van der Waals surface area contributed by atoms with Crippen LogP contribution in [0.15, 0.2) is 115 Å². The van der Waals surface area contributed by atoms with Crippen LogP contribution in [0.2, 0.25) is 0 Å². The maximum absolute atomic E-state index is 2.59. The average Bonchev–Trinajstić information content (AvgIpc) is 3.55. The molecule has 1 heterocycles. The molecule has 4 saturated carbocycles. The van der Waals surface area contributed by atoms with Gasteiger partial charge in [0.15, 0.2) is 0 Å². The van der Waals surface area contributed by atoms with Crippen LogP contribution in [0.4, 0.5) is 17.1 Å². The van der Waals surface area contributed by atoms with Gasteiger partial charge in [-0.25, -0.2) is 0 Å². The maximum Gasteiger partial charge on any atom is 0.0509 e. The van der Waals surface area contributed by atoms with E-state index in [1.165, 1.54) is 80.5 Å². The monoisotopic (exact) mass is 559 g/mol. The third-order valence-corrected chi connectivity index (χ3v) is 12.6. The predicted octanol–water partition coefficient (Wildman–Crippen LogP) is 11.2. The lowest BCUT2D eigenvalue weighted by Gasteiger charge is -2.61. The van der Waals surface area contributed by atoms with Gasteiger partial charge in [0.05, 0.1) is 5.69 Å². The summed E-state index contributed by atoms with van der Waals surface area (Å²) in [6.45, 7) is 0. The molecule has 0 radical (unpaired) electrons. The fourth-order valence-corrected chi connectivity index (χ4v) is 11.3. The van der Waals surface area contributed by atoms with E-state index in [1.807, 2.05) is 11.3 Å². The first-order chi connectivity index (χ1) is 20.8. The van der Waals surface area contributed by atoms with Crippen molar-refractivity contribution in [3.8, 4) is 11.1 Å². The van der Waals surface area contributed by atoms with E-state index in [1.54, 1.807) is 11.1 Å². The second kappa shape index (κ2) is 8.58. The van der Waals surface area contributed by atoms with Crippen LogP contribution in [-0.4, -0.2) is 0 Å². The van der Waals surface area contributed by atoms with Crippen LogP contribution >= 0.6 is 11.3 Å². The summed E-state index contributed by atoms with van der Waals surface area (Å²) in [5.74, 6) is 3.33. The predicted molar refractivity (Wildman–Crippen MR) is 177 cm³/mol. The molecule has 11 rings (SSSR count). The molecule has 0 unspecified atom stereocenters. The number of nitrogens with zero attached hydrogens (tertiary/aromatic N) is 1. The lowest BCUT2D eigenvalue weighted by molar-refractivity contribution is -0.0397. The molecule has 6 aromatic rings. The Hall–Kier alpha value is -3.88. The summed E-state index contributed by atoms with van der Waals surface area (Å²) in [5.41, 5.74) is 10.2. The summed E-state index contributed by atoms with van der Waals surface area (Å²) in [4.78, 5) is 2.59. The normalized spacial score (nSPS) is 26.7. The van der Waals surface area contributed by atoms with Crippen LogP contribution in [-0.2, 0) is 5.41 Å². The van der Waals surface area contributed by atoms with Gasteiger partial charge in [0.1, 0.15) is 0 Å². The number of hydrogen-bond acceptors (Lipinski definition) is 2. The van der Waals surface area contributed by atoms with Crippen molar-refractivity contribution in [2.45, 2.75) is 37.5 Å². The minimum absolute atomic E-state index is 0.113. The van der Waals surface area contributed by atoms with E-state index < -0.39 is 0 Å². The van der Waals surface area contributed by atoms with Crippen molar-refractivity contribution < 1.29 is 0 Å². The molecule has 0 N–H and O–H groups in total. The summed E-state index contributed by atoms with van der Waals surface area (Å²) >= 11 is 1.90. The lowest BCUT2D eigenvalue weighted by Crippen LogP contribution is -2.55. The molecule has 0 amide bonds. The summed E-state index contributed by atoms with van der Waals surface area (Å²) in [7, 11) is 0. The highest BCUT2D eigenvalue weighted by atomic mass is 32.1. The Labute approximate surface area is 251 Å². The van der Waals surface area contributed by atoms with E-state index >= 15 is 0 Å². The Morgan fingerprint density at radius 2 is 1.24 bits per heavy atom. The number of fused-ring (bicyclic) bond motifs is 6. The largest absolute Gasteiger partial charge is 0.310 e. The van der Waals surface area contributed by atoms with Gasteiger partial charge in [0.25, 0.3) is 0 Å². The molecule has 42 heavy (non-hydrogen) atoms. The van der Waals surface area contributed by atoms with E-state index in [2.05, 4.69) is 120 Å². The first-order valence-corrected chi connectivity index (χ1v) is 16.6. The molecule has 0 saturated heterocycles. The van der Waals surface area contributed by atoms with Gasteiger partial charge >= 0.3 is 0 Å². The molecule has 204 valence electrons. The minimum Gasteiger partial charge on any atom is -0.310 e. The smallest absolute Gasteiger partial charge is 0.0509 e. The Morgan fingerprint density at radius 3 is 2.07 bits per heavy atom. The van der Waals surface area contributed by atoms with Crippen LogP contribution < -0.4 is 4.90 Å². The fraction of sp³-hybridized carbons (Fsp3) is 0.250. The zero-order chi connectivity index (χ0) is 27.4. The second-order valence-corrected chi connectivity index (χ2v) is 14.5. The van der Waals surface area contributed by atoms with Gasteiger partial charge in [-0.2, -0.15) is 0 Å². The molecule has 4 bridgehead atoms. The Kier molecular flexibility index (Phi) is 4.83. The standard InChI is InChI=1S/C40H33NS/c1-2-9-29(10-3-1)41(30-17-18-38-34(24-30)32-12-5-7-16-37(32)42-38)36-15-8-13-33-31-11-4-6-14-35(31)40(39(33)36)27-20-25-19-26(22-27)23-28(40)21-25/h1-18,24-28H,19-23H2. The van der Waals surface area contributed by atoms with Crippen LogP contribution in [0.25, 0.3) is 31.3 Å². The molecule has 5 aliphatic rings. The van der Waals surface area contributed by atoms with Crippen LogP contribution in [0, 0.1) is 23.7 Å². The first kappa shape index (κ1) is 23.7. The highest BCUT2D eigenvalue weighted by Gasteiger charge is 2.62. The molecular weight excluding hydrogens is 527 g/mol. The van der Waals surface area contributed by atoms with Crippen molar-refractivity contribution in [3.05, 3.63) is 126 Å². The molecule has 0 atom stereocenters. The van der Waals surface area contributed by atoms with Crippen molar-refractivity contribution in [1.29, 1.82) is 0 Å². The van der Waals surface area contributed by atoms with Gasteiger partial charge < -0.3 is 4.90 Å². The molecule has 5 aromatic carbocycles. The molecule has 1 aromatic heterocycles. The van der Waals surface area contributed by atoms with E-state index in [0.717, 1.165) is 23.7 Å². The number of benzene rings is 5. The Balaban J connectivity index is 1.26. The van der Waals surface area contributed by atoms with Crippen molar-refractivity contribution >= 4 is 48.6 Å². The quantitative estimate of drug-likeness (QED) is 0.208. The highest BCUT2D eigenvalue weighted by Crippen LogP contribution is 2.71. The first-order valence-electron chi connectivity index (χ1n) is 15.8. The lowest BCUT2D eigenvalue weighted by atomic mass is 9.43. The van der Waals surface area contributed by atoms with Gasteiger partial charge in [0, 0.05) is 37.0 Å². The van der Waals surface area contributed by atoms with Crippen LogP contribution in [0.3, 0.4) is 0 Å². The van der Waals surface area contributed by atoms with E-state index in [9.17, 15) is 0 Å². The van der Waals surface area contributed by atoms with Gasteiger partial charge in [-0.15, -0.1) is 11.3 Å². The van der Waals surface area contributed by atoms with Gasteiger partial charge in [-0.1, -0.05) is 72.8 Å². The number of rotatable bonds is 3. The summed E-state index contributed by atoms with van der Waals surface area (Å²) in [6.07, 6.45) is 7.06. The van der Waals surface area contributed by atoms with Crippen LogP contribution in [0.5, 0.6) is 0 Å². The number of anilines is 3. The van der Waals surface area contributed by atoms with Gasteiger partial charge in [0.2, 0.25) is 0 Å². The molecule has 1 nitrogen and oxygen atoms in total. The SMILES string of the molecule is c1ccc(N(c2ccc3sc4ccccc4c3c2)c2cccc3c2C2(c4ccccc4-3)C3CC4CC(C3)CC2C4)cc1. The van der Waals surface area contributed by atoms with Crippen molar-refractivity contribution in [1.82, 2.24) is 0 Å². The zero-order valence-electron chi connectivity index (χ0n) is 23.7. The summed E-state index contributed by atoms with van der Waals surface area (Å²) in [6, 6.07) is 43.8. The zero-order valence-corrected chi connectivity index (χ0v) is 24.5. The molecule has 0 aliphatic heterocycles. The molecular formula is C40H33NS. The highest BCUT2D eigenvalue weighted by molar-refractivity contribution is 7.25. The van der Waals surface area contributed by atoms with E-state index in [0.29, 0.717) is 0 Å². The molecule has 1 spiro atoms. The molecule has 2 heteroatoms. The summed E-state index contributed by atoms with van der Waals surface area (Å²) < 4.78 is 2.72. The van der Waals surface area contributed by atoms with Crippen LogP contribution in [0.1, 0.15) is 43.2 Å². The average molecular weight is 560 g/mol. The van der Waals surface area contributed by atoms with E-state index in [4.69, 9.17) is 0 Å². The number of para-hydroxylation sites is 1. The topological polar surface area (TPSA) is 3.24 Å². The number of hydrogen-bond donors (Lipinski definition) is 0. The Morgan fingerprint density at radius 1 is 0.548 bits per heavy atom. The fourth-order valence-electron chi connectivity index (χ4n) is 10.2. The van der Waals surface area contributed by atoms with Crippen molar-refractivity contribution in [3.63, 3.8) is 0 Å². The van der Waals surface area contributed by atoms with Crippen molar-refractivity contribution in [2.24, 2.45) is 23.7 Å². The van der Waals surface area contributed by atoms with Gasteiger partial charge in [-0.3, -0.25) is 0 Å².